The van der Waals surface area contributed by atoms with Crippen molar-refractivity contribution >= 4 is 0 Å². The highest BCUT2D eigenvalue weighted by Gasteiger charge is 2.04. The van der Waals surface area contributed by atoms with Gasteiger partial charge in [0.1, 0.15) is 12.2 Å². The molecule has 0 fully saturated rings. The van der Waals surface area contributed by atoms with E-state index in [1.165, 1.54) is 11.1 Å². The van der Waals surface area contributed by atoms with E-state index in [1.54, 1.807) is 6.33 Å². The molecular weight excluding hydrogens is 200 g/mol. The molecule has 0 aliphatic heterocycles. The van der Waals surface area contributed by atoms with Crippen molar-refractivity contribution in [2.45, 2.75) is 19.9 Å². The van der Waals surface area contributed by atoms with Crippen LogP contribution in [0.15, 0.2) is 30.6 Å². The Morgan fingerprint density at radius 1 is 1.31 bits per heavy atom. The molecule has 1 heterocycles. The lowest BCUT2D eigenvalue weighted by Gasteiger charge is -2.08. The fourth-order valence-electron chi connectivity index (χ4n) is 1.70. The van der Waals surface area contributed by atoms with Crippen molar-refractivity contribution in [3.05, 3.63) is 47.5 Å². The van der Waals surface area contributed by atoms with E-state index in [0.717, 1.165) is 18.8 Å². The summed E-state index contributed by atoms with van der Waals surface area (Å²) in [6.07, 6.45) is 2.53. The maximum absolute atomic E-state index is 5.53. The Morgan fingerprint density at radius 3 is 2.88 bits per heavy atom. The topological polar surface area (TPSA) is 56.7 Å². The molecule has 0 aliphatic rings. The minimum absolute atomic E-state index is 0.604. The van der Waals surface area contributed by atoms with E-state index in [9.17, 15) is 0 Å². The number of nitrogens with zero attached hydrogens (tertiary/aromatic N) is 3. The molecule has 2 N–H and O–H groups in total. The number of benzene rings is 1. The SMILES string of the molecule is Cc1ccccc1Cn1cnnc1CCN. The van der Waals surface area contributed by atoms with Gasteiger partial charge in [0, 0.05) is 6.42 Å². The second-order valence-electron chi connectivity index (χ2n) is 3.84. The van der Waals surface area contributed by atoms with Crippen molar-refractivity contribution in [2.24, 2.45) is 5.73 Å². The van der Waals surface area contributed by atoms with Crippen LogP contribution in [0.3, 0.4) is 0 Å². The first kappa shape index (κ1) is 10.8. The van der Waals surface area contributed by atoms with E-state index in [1.807, 2.05) is 6.07 Å². The monoisotopic (exact) mass is 216 g/mol. The second-order valence-corrected chi connectivity index (χ2v) is 3.84. The van der Waals surface area contributed by atoms with Gasteiger partial charge in [-0.3, -0.25) is 0 Å². The van der Waals surface area contributed by atoms with Crippen LogP contribution in [0.1, 0.15) is 17.0 Å². The number of aromatic nitrogens is 3. The van der Waals surface area contributed by atoms with Crippen LogP contribution in [0.4, 0.5) is 0 Å². The summed E-state index contributed by atoms with van der Waals surface area (Å²) in [7, 11) is 0. The molecule has 2 aromatic rings. The standard InChI is InChI=1S/C12H16N4/c1-10-4-2-3-5-11(10)8-16-9-14-15-12(16)6-7-13/h2-5,9H,6-8,13H2,1H3. The average Bonchev–Trinajstić information content (AvgIpc) is 2.70. The van der Waals surface area contributed by atoms with E-state index in [-0.39, 0.29) is 0 Å². The molecule has 0 spiro atoms. The van der Waals surface area contributed by atoms with Crippen LogP contribution in [-0.4, -0.2) is 21.3 Å². The zero-order valence-electron chi connectivity index (χ0n) is 9.43. The lowest BCUT2D eigenvalue weighted by molar-refractivity contribution is 0.714. The average molecular weight is 216 g/mol. The summed E-state index contributed by atoms with van der Waals surface area (Å²) in [6, 6.07) is 8.34. The molecule has 0 aliphatic carbocycles. The van der Waals surface area contributed by atoms with Gasteiger partial charge in [-0.2, -0.15) is 0 Å². The van der Waals surface area contributed by atoms with Crippen molar-refractivity contribution in [1.82, 2.24) is 14.8 Å². The van der Waals surface area contributed by atoms with Crippen molar-refractivity contribution in [1.29, 1.82) is 0 Å². The molecule has 4 nitrogen and oxygen atoms in total. The van der Waals surface area contributed by atoms with Gasteiger partial charge in [-0.15, -0.1) is 10.2 Å². The number of aryl methyl sites for hydroxylation is 1. The Kier molecular flexibility index (Phi) is 3.31. The molecule has 0 unspecified atom stereocenters. The fourth-order valence-corrected chi connectivity index (χ4v) is 1.70. The highest BCUT2D eigenvalue weighted by Crippen LogP contribution is 2.10. The summed E-state index contributed by atoms with van der Waals surface area (Å²) in [5, 5.41) is 7.99. The molecule has 2 rings (SSSR count). The Labute approximate surface area is 95.1 Å². The largest absolute Gasteiger partial charge is 0.330 e. The van der Waals surface area contributed by atoms with Gasteiger partial charge in [0.05, 0.1) is 6.54 Å². The van der Waals surface area contributed by atoms with E-state index in [0.29, 0.717) is 6.54 Å². The first-order chi connectivity index (χ1) is 7.81. The van der Waals surface area contributed by atoms with E-state index >= 15 is 0 Å². The molecule has 0 radical (unpaired) electrons. The van der Waals surface area contributed by atoms with Gasteiger partial charge in [0.2, 0.25) is 0 Å². The number of hydrogen-bond donors (Lipinski definition) is 1. The van der Waals surface area contributed by atoms with Gasteiger partial charge < -0.3 is 10.3 Å². The van der Waals surface area contributed by atoms with Gasteiger partial charge in [-0.25, -0.2) is 0 Å². The van der Waals surface area contributed by atoms with Crippen LogP contribution in [0.5, 0.6) is 0 Å². The first-order valence-corrected chi connectivity index (χ1v) is 5.42. The molecule has 1 aromatic carbocycles. The lowest BCUT2D eigenvalue weighted by Crippen LogP contribution is -2.10. The molecule has 0 atom stereocenters. The van der Waals surface area contributed by atoms with Crippen molar-refractivity contribution in [2.75, 3.05) is 6.54 Å². The van der Waals surface area contributed by atoms with Crippen LogP contribution >= 0.6 is 0 Å². The number of rotatable bonds is 4. The predicted molar refractivity (Wildman–Crippen MR) is 63.1 cm³/mol. The third kappa shape index (κ3) is 2.28. The van der Waals surface area contributed by atoms with Gasteiger partial charge in [0.25, 0.3) is 0 Å². The Bertz CT molecular complexity index is 462. The molecule has 1 aromatic heterocycles. The van der Waals surface area contributed by atoms with Crippen LogP contribution in [0, 0.1) is 6.92 Å². The van der Waals surface area contributed by atoms with Crippen LogP contribution in [0.2, 0.25) is 0 Å². The van der Waals surface area contributed by atoms with Gasteiger partial charge in [-0.1, -0.05) is 24.3 Å². The van der Waals surface area contributed by atoms with E-state index in [4.69, 9.17) is 5.73 Å². The van der Waals surface area contributed by atoms with E-state index in [2.05, 4.69) is 39.9 Å². The number of hydrogen-bond acceptors (Lipinski definition) is 3. The molecule has 0 saturated carbocycles. The minimum atomic E-state index is 0.604. The molecule has 0 bridgehead atoms. The highest BCUT2D eigenvalue weighted by molar-refractivity contribution is 5.25. The Hall–Kier alpha value is -1.68. The first-order valence-electron chi connectivity index (χ1n) is 5.42. The lowest BCUT2D eigenvalue weighted by atomic mass is 10.1. The maximum atomic E-state index is 5.53. The summed E-state index contributed by atoms with van der Waals surface area (Å²) < 4.78 is 2.05. The highest BCUT2D eigenvalue weighted by atomic mass is 15.3. The molecule has 84 valence electrons. The fraction of sp³-hybridized carbons (Fsp3) is 0.333. The van der Waals surface area contributed by atoms with Gasteiger partial charge in [-0.05, 0) is 24.6 Å². The maximum Gasteiger partial charge on any atom is 0.134 e. The summed E-state index contributed by atoms with van der Waals surface area (Å²) >= 11 is 0. The van der Waals surface area contributed by atoms with Gasteiger partial charge in [0.15, 0.2) is 0 Å². The number of nitrogens with two attached hydrogens (primary N) is 1. The zero-order valence-corrected chi connectivity index (χ0v) is 9.43. The molecule has 0 amide bonds. The smallest absolute Gasteiger partial charge is 0.134 e. The molecular formula is C12H16N4. The Balaban J connectivity index is 2.20. The van der Waals surface area contributed by atoms with E-state index < -0.39 is 0 Å². The van der Waals surface area contributed by atoms with Crippen molar-refractivity contribution in [3.63, 3.8) is 0 Å². The van der Waals surface area contributed by atoms with Gasteiger partial charge >= 0.3 is 0 Å². The van der Waals surface area contributed by atoms with Crippen LogP contribution < -0.4 is 5.73 Å². The summed E-state index contributed by atoms with van der Waals surface area (Å²) in [5.74, 6) is 0.950. The minimum Gasteiger partial charge on any atom is -0.330 e. The third-order valence-electron chi connectivity index (χ3n) is 2.67. The van der Waals surface area contributed by atoms with Crippen molar-refractivity contribution < 1.29 is 0 Å². The summed E-state index contributed by atoms with van der Waals surface area (Å²) in [4.78, 5) is 0. The third-order valence-corrected chi connectivity index (χ3v) is 2.67. The molecule has 4 heteroatoms. The van der Waals surface area contributed by atoms with Crippen LogP contribution in [-0.2, 0) is 13.0 Å². The summed E-state index contributed by atoms with van der Waals surface area (Å²) in [6.45, 7) is 3.53. The molecule has 0 saturated heterocycles. The van der Waals surface area contributed by atoms with Crippen molar-refractivity contribution in [3.8, 4) is 0 Å². The zero-order chi connectivity index (χ0) is 11.4. The second kappa shape index (κ2) is 4.90. The predicted octanol–water partition coefficient (Wildman–Crippen LogP) is 1.14. The molecule has 16 heavy (non-hydrogen) atoms. The quantitative estimate of drug-likeness (QED) is 0.833. The summed E-state index contributed by atoms with van der Waals surface area (Å²) in [5.41, 5.74) is 8.11. The van der Waals surface area contributed by atoms with Crippen LogP contribution in [0.25, 0.3) is 0 Å². The normalized spacial score (nSPS) is 10.6. The Morgan fingerprint density at radius 2 is 2.12 bits per heavy atom.